The number of hydrogen-bond acceptors (Lipinski definition) is 4. The predicted molar refractivity (Wildman–Crippen MR) is 127 cm³/mol. The van der Waals surface area contributed by atoms with Gasteiger partial charge in [-0.15, -0.1) is 0 Å². The number of nitrogens with zero attached hydrogens (tertiary/aromatic N) is 4. The van der Waals surface area contributed by atoms with E-state index in [1.54, 1.807) is 23.4 Å². The Balaban J connectivity index is 2.09. The van der Waals surface area contributed by atoms with Crippen LogP contribution in [0.4, 0.5) is 0 Å². The van der Waals surface area contributed by atoms with E-state index in [-0.39, 0.29) is 23.7 Å². The lowest BCUT2D eigenvalue weighted by Gasteiger charge is -2.31. The molecule has 3 heterocycles. The Morgan fingerprint density at radius 3 is 2.29 bits per heavy atom. The summed E-state index contributed by atoms with van der Waals surface area (Å²) in [7, 11) is 0. The highest BCUT2D eigenvalue weighted by Gasteiger charge is 2.28. The van der Waals surface area contributed by atoms with Gasteiger partial charge in [0.15, 0.2) is 0 Å². The number of fused-ring (bicyclic) bond motifs is 3. The topological polar surface area (TPSA) is 59.0 Å². The van der Waals surface area contributed by atoms with Crippen LogP contribution in [0.5, 0.6) is 0 Å². The number of benzene rings is 1. The predicted octanol–water partition coefficient (Wildman–Crippen LogP) is 6.41. The number of rotatable bonds is 4. The van der Waals surface area contributed by atoms with Gasteiger partial charge < -0.3 is 4.90 Å². The molecule has 0 atom stereocenters. The summed E-state index contributed by atoms with van der Waals surface area (Å²) >= 11 is 13.2. The van der Waals surface area contributed by atoms with Gasteiger partial charge in [-0.25, -0.2) is 9.97 Å². The zero-order valence-corrected chi connectivity index (χ0v) is 19.2. The number of para-hydroxylation sites is 1. The van der Waals surface area contributed by atoms with Gasteiger partial charge in [-0.1, -0.05) is 41.4 Å². The third-order valence-corrected chi connectivity index (χ3v) is 5.86. The first kappa shape index (κ1) is 21.5. The van der Waals surface area contributed by atoms with E-state index in [0.29, 0.717) is 26.8 Å². The van der Waals surface area contributed by atoms with Crippen molar-refractivity contribution < 1.29 is 4.79 Å². The van der Waals surface area contributed by atoms with E-state index in [4.69, 9.17) is 28.2 Å². The molecule has 0 spiro atoms. The molecule has 1 aromatic carbocycles. The molecule has 158 valence electrons. The highest BCUT2D eigenvalue weighted by atomic mass is 35.5. The Bertz CT molecular complexity index is 1300. The van der Waals surface area contributed by atoms with Gasteiger partial charge in [-0.05, 0) is 51.3 Å². The third-order valence-electron chi connectivity index (χ3n) is 5.25. The molecule has 0 aliphatic rings. The largest absolute Gasteiger partial charge is 0.332 e. The van der Waals surface area contributed by atoms with Gasteiger partial charge in [0.2, 0.25) is 0 Å². The van der Waals surface area contributed by atoms with Crippen molar-refractivity contribution in [3.63, 3.8) is 0 Å². The standard InChI is InChI=1S/C24H22Cl2N4O/c1-13(2)30(14(3)4)24(31)22-20(17(25)10-12-27-22)21-19-16(9-11-28-23(19)26)15-7-5-6-8-18(15)29-21/h5-14H,1-4H3. The van der Waals surface area contributed by atoms with Crippen LogP contribution in [-0.4, -0.2) is 37.8 Å². The Morgan fingerprint density at radius 2 is 1.58 bits per heavy atom. The Kier molecular flexibility index (Phi) is 5.82. The molecular formula is C24H22Cl2N4O. The first-order chi connectivity index (χ1) is 14.8. The van der Waals surface area contributed by atoms with Gasteiger partial charge in [0, 0.05) is 35.2 Å². The summed E-state index contributed by atoms with van der Waals surface area (Å²) in [6.45, 7) is 7.92. The number of pyridine rings is 3. The van der Waals surface area contributed by atoms with Crippen molar-refractivity contribution in [2.75, 3.05) is 0 Å². The summed E-state index contributed by atoms with van der Waals surface area (Å²) in [6, 6.07) is 11.3. The lowest BCUT2D eigenvalue weighted by atomic mass is 9.99. The van der Waals surface area contributed by atoms with Crippen molar-refractivity contribution in [1.82, 2.24) is 19.9 Å². The van der Waals surface area contributed by atoms with E-state index < -0.39 is 0 Å². The van der Waals surface area contributed by atoms with Crippen LogP contribution in [-0.2, 0) is 0 Å². The number of amides is 1. The second-order valence-electron chi connectivity index (χ2n) is 7.92. The van der Waals surface area contributed by atoms with Gasteiger partial charge in [0.05, 0.1) is 21.8 Å². The molecule has 0 aliphatic carbocycles. The normalized spacial score (nSPS) is 11.6. The first-order valence-corrected chi connectivity index (χ1v) is 10.9. The minimum atomic E-state index is -0.203. The molecule has 1 amide bonds. The fourth-order valence-electron chi connectivity index (χ4n) is 4.06. The molecule has 4 rings (SSSR count). The quantitative estimate of drug-likeness (QED) is 0.265. The van der Waals surface area contributed by atoms with E-state index in [9.17, 15) is 4.79 Å². The second-order valence-corrected chi connectivity index (χ2v) is 8.68. The third kappa shape index (κ3) is 3.73. The molecule has 5 nitrogen and oxygen atoms in total. The van der Waals surface area contributed by atoms with Crippen LogP contribution in [0.25, 0.3) is 32.9 Å². The van der Waals surface area contributed by atoms with E-state index in [0.717, 1.165) is 16.3 Å². The maximum Gasteiger partial charge on any atom is 0.273 e. The highest BCUT2D eigenvalue weighted by Crippen LogP contribution is 2.39. The second kappa shape index (κ2) is 8.40. The molecule has 7 heteroatoms. The summed E-state index contributed by atoms with van der Waals surface area (Å²) < 4.78 is 0. The Hall–Kier alpha value is -2.76. The molecule has 31 heavy (non-hydrogen) atoms. The molecule has 0 bridgehead atoms. The zero-order chi connectivity index (χ0) is 22.3. The van der Waals surface area contributed by atoms with Gasteiger partial charge >= 0.3 is 0 Å². The molecule has 0 fully saturated rings. The molecule has 4 aromatic rings. The van der Waals surface area contributed by atoms with Gasteiger partial charge in [0.25, 0.3) is 5.91 Å². The van der Waals surface area contributed by atoms with E-state index in [1.807, 2.05) is 58.0 Å². The number of carbonyl (C=O) groups is 1. The maximum absolute atomic E-state index is 13.6. The number of halogens is 2. The van der Waals surface area contributed by atoms with Gasteiger partial charge in [0.1, 0.15) is 10.8 Å². The van der Waals surface area contributed by atoms with Crippen LogP contribution in [0.15, 0.2) is 48.8 Å². The monoisotopic (exact) mass is 452 g/mol. The van der Waals surface area contributed by atoms with Crippen LogP contribution in [0.1, 0.15) is 38.2 Å². The maximum atomic E-state index is 13.6. The van der Waals surface area contributed by atoms with Crippen molar-refractivity contribution in [3.05, 3.63) is 64.7 Å². The summed E-state index contributed by atoms with van der Waals surface area (Å²) in [5, 5.41) is 3.17. The minimum Gasteiger partial charge on any atom is -0.332 e. The molecule has 0 N–H and O–H groups in total. The molecule has 3 aromatic heterocycles. The summed E-state index contributed by atoms with van der Waals surface area (Å²) in [4.78, 5) is 28.9. The molecule has 0 radical (unpaired) electrons. The van der Waals surface area contributed by atoms with Crippen LogP contribution in [0.2, 0.25) is 10.2 Å². The van der Waals surface area contributed by atoms with Crippen LogP contribution < -0.4 is 0 Å². The molecule has 0 saturated heterocycles. The van der Waals surface area contributed by atoms with Crippen molar-refractivity contribution in [2.24, 2.45) is 0 Å². The smallest absolute Gasteiger partial charge is 0.273 e. The lowest BCUT2D eigenvalue weighted by Crippen LogP contribution is -2.42. The lowest BCUT2D eigenvalue weighted by molar-refractivity contribution is 0.0638. The Labute approximate surface area is 191 Å². The molecule has 0 unspecified atom stereocenters. The Morgan fingerprint density at radius 1 is 0.903 bits per heavy atom. The average Bonchev–Trinajstić information content (AvgIpc) is 2.72. The van der Waals surface area contributed by atoms with E-state index >= 15 is 0 Å². The fraction of sp³-hybridized carbons (Fsp3) is 0.250. The number of carbonyl (C=O) groups excluding carboxylic acids is 1. The highest BCUT2D eigenvalue weighted by molar-refractivity contribution is 6.38. The van der Waals surface area contributed by atoms with Gasteiger partial charge in [-0.3, -0.25) is 9.78 Å². The first-order valence-electron chi connectivity index (χ1n) is 10.1. The zero-order valence-electron chi connectivity index (χ0n) is 17.7. The van der Waals surface area contributed by atoms with Gasteiger partial charge in [-0.2, -0.15) is 0 Å². The summed E-state index contributed by atoms with van der Waals surface area (Å²) in [5.74, 6) is -0.203. The molecule has 0 aliphatic heterocycles. The summed E-state index contributed by atoms with van der Waals surface area (Å²) in [6.07, 6.45) is 3.21. The van der Waals surface area contributed by atoms with Crippen molar-refractivity contribution in [2.45, 2.75) is 39.8 Å². The minimum absolute atomic E-state index is 0.00677. The van der Waals surface area contributed by atoms with Crippen LogP contribution >= 0.6 is 23.2 Å². The van der Waals surface area contributed by atoms with Crippen LogP contribution in [0.3, 0.4) is 0 Å². The average molecular weight is 453 g/mol. The molecular weight excluding hydrogens is 431 g/mol. The van der Waals surface area contributed by atoms with E-state index in [2.05, 4.69) is 9.97 Å². The molecule has 0 saturated carbocycles. The van der Waals surface area contributed by atoms with Crippen molar-refractivity contribution in [3.8, 4) is 11.3 Å². The van der Waals surface area contributed by atoms with E-state index in [1.165, 1.54) is 0 Å². The number of hydrogen-bond donors (Lipinski definition) is 0. The SMILES string of the molecule is CC(C)N(C(=O)c1nccc(Cl)c1-c1nc2ccccc2c2ccnc(Cl)c12)C(C)C. The number of aromatic nitrogens is 3. The van der Waals surface area contributed by atoms with Crippen molar-refractivity contribution in [1.29, 1.82) is 0 Å². The fourth-order valence-corrected chi connectivity index (χ4v) is 4.54. The van der Waals surface area contributed by atoms with Crippen LogP contribution in [0, 0.1) is 0 Å². The van der Waals surface area contributed by atoms with Crippen molar-refractivity contribution >= 4 is 50.8 Å². The summed E-state index contributed by atoms with van der Waals surface area (Å²) in [5.41, 5.74) is 1.99.